The van der Waals surface area contributed by atoms with Gasteiger partial charge >= 0.3 is 5.97 Å². The van der Waals surface area contributed by atoms with Crippen LogP contribution < -0.4 is 5.32 Å². The van der Waals surface area contributed by atoms with Crippen molar-refractivity contribution in [3.8, 4) is 0 Å². The Balaban J connectivity index is 2.17. The van der Waals surface area contributed by atoms with Gasteiger partial charge in [-0.25, -0.2) is 4.79 Å². The zero-order valence-corrected chi connectivity index (χ0v) is 11.2. The van der Waals surface area contributed by atoms with Crippen molar-refractivity contribution in [1.29, 1.82) is 0 Å². The Hall–Kier alpha value is -2.96. The molecule has 1 heterocycles. The van der Waals surface area contributed by atoms with Crippen LogP contribution in [0.5, 0.6) is 0 Å². The van der Waals surface area contributed by atoms with Crippen molar-refractivity contribution >= 4 is 17.3 Å². The third-order valence-electron chi connectivity index (χ3n) is 2.89. The van der Waals surface area contributed by atoms with Gasteiger partial charge < -0.3 is 10.4 Å². The first-order valence-electron chi connectivity index (χ1n) is 6.14. The van der Waals surface area contributed by atoms with Crippen molar-refractivity contribution in [3.63, 3.8) is 0 Å². The van der Waals surface area contributed by atoms with Gasteiger partial charge in [-0.15, -0.1) is 0 Å². The number of benzene rings is 1. The maximum absolute atomic E-state index is 11.0. The van der Waals surface area contributed by atoms with Gasteiger partial charge in [-0.2, -0.15) is 0 Å². The summed E-state index contributed by atoms with van der Waals surface area (Å²) in [5.41, 5.74) is 1.56. The Kier molecular flexibility index (Phi) is 4.13. The van der Waals surface area contributed by atoms with Crippen LogP contribution in [0, 0.1) is 17.0 Å². The Morgan fingerprint density at radius 3 is 2.71 bits per heavy atom. The number of rotatable bonds is 5. The molecule has 21 heavy (non-hydrogen) atoms. The number of carboxylic acids is 1. The molecule has 0 bridgehead atoms. The van der Waals surface area contributed by atoms with Crippen molar-refractivity contribution in [3.05, 3.63) is 63.5 Å². The van der Waals surface area contributed by atoms with Crippen LogP contribution in [-0.2, 0) is 6.54 Å². The van der Waals surface area contributed by atoms with Gasteiger partial charge in [-0.05, 0) is 30.7 Å². The average molecular weight is 287 g/mol. The molecule has 0 unspecified atom stereocenters. The number of aromatic carboxylic acids is 1. The number of nitro benzene ring substituents is 1. The summed E-state index contributed by atoms with van der Waals surface area (Å²) in [6, 6.07) is 7.68. The summed E-state index contributed by atoms with van der Waals surface area (Å²) in [4.78, 5) is 25.3. The molecule has 0 atom stereocenters. The zero-order chi connectivity index (χ0) is 15.4. The number of pyridine rings is 1. The van der Waals surface area contributed by atoms with Crippen LogP contribution in [-0.4, -0.2) is 21.0 Å². The monoisotopic (exact) mass is 287 g/mol. The quantitative estimate of drug-likeness (QED) is 0.646. The normalized spacial score (nSPS) is 10.1. The standard InChI is InChI=1S/C14H13N3O4/c1-9-2-3-10(7-15-9)8-16-11-4-5-13(17(20)21)12(6-11)14(18)19/h2-7,16H,8H2,1H3,(H,18,19). The fourth-order valence-electron chi connectivity index (χ4n) is 1.78. The van der Waals surface area contributed by atoms with Crippen LogP contribution >= 0.6 is 0 Å². The van der Waals surface area contributed by atoms with E-state index < -0.39 is 16.6 Å². The molecule has 108 valence electrons. The van der Waals surface area contributed by atoms with E-state index in [2.05, 4.69) is 10.3 Å². The number of carbonyl (C=O) groups is 1. The Labute approximate surface area is 120 Å². The lowest BCUT2D eigenvalue weighted by Crippen LogP contribution is -2.05. The van der Waals surface area contributed by atoms with Crippen LogP contribution in [0.3, 0.4) is 0 Å². The number of hydrogen-bond donors (Lipinski definition) is 2. The molecule has 0 aliphatic carbocycles. The van der Waals surface area contributed by atoms with E-state index in [9.17, 15) is 14.9 Å². The molecule has 0 radical (unpaired) electrons. The number of nitro groups is 1. The van der Waals surface area contributed by atoms with Gasteiger partial charge in [-0.3, -0.25) is 15.1 Å². The molecule has 1 aromatic heterocycles. The second-order valence-corrected chi connectivity index (χ2v) is 4.46. The zero-order valence-electron chi connectivity index (χ0n) is 11.2. The van der Waals surface area contributed by atoms with Crippen LogP contribution in [0.4, 0.5) is 11.4 Å². The van der Waals surface area contributed by atoms with Crippen molar-refractivity contribution in [2.45, 2.75) is 13.5 Å². The van der Waals surface area contributed by atoms with Gasteiger partial charge in [0, 0.05) is 30.2 Å². The molecule has 2 aromatic rings. The van der Waals surface area contributed by atoms with Crippen LogP contribution in [0.1, 0.15) is 21.6 Å². The Bertz CT molecular complexity index is 683. The van der Waals surface area contributed by atoms with Crippen molar-refractivity contribution in [1.82, 2.24) is 4.98 Å². The summed E-state index contributed by atoms with van der Waals surface area (Å²) in [7, 11) is 0. The molecule has 0 spiro atoms. The number of aryl methyl sites for hydroxylation is 1. The number of anilines is 1. The van der Waals surface area contributed by atoms with Crippen molar-refractivity contribution in [2.24, 2.45) is 0 Å². The Morgan fingerprint density at radius 2 is 2.14 bits per heavy atom. The minimum Gasteiger partial charge on any atom is -0.477 e. The average Bonchev–Trinajstić information content (AvgIpc) is 2.46. The molecule has 0 aliphatic rings. The molecule has 0 aliphatic heterocycles. The highest BCUT2D eigenvalue weighted by Crippen LogP contribution is 2.23. The van der Waals surface area contributed by atoms with Gasteiger partial charge in [0.2, 0.25) is 0 Å². The first kappa shape index (κ1) is 14.4. The van der Waals surface area contributed by atoms with Crippen molar-refractivity contribution < 1.29 is 14.8 Å². The van der Waals surface area contributed by atoms with E-state index in [-0.39, 0.29) is 5.56 Å². The van der Waals surface area contributed by atoms with Crippen LogP contribution in [0.2, 0.25) is 0 Å². The summed E-state index contributed by atoms with van der Waals surface area (Å²) in [5.74, 6) is -1.33. The molecule has 2 rings (SSSR count). The number of carboxylic acid groups (broad SMARTS) is 1. The second-order valence-electron chi connectivity index (χ2n) is 4.46. The van der Waals surface area contributed by atoms with Gasteiger partial charge in [0.15, 0.2) is 0 Å². The molecule has 0 saturated carbocycles. The minimum absolute atomic E-state index is 0.341. The number of nitrogens with one attached hydrogen (secondary N) is 1. The van der Waals surface area contributed by atoms with Crippen LogP contribution in [0.25, 0.3) is 0 Å². The maximum Gasteiger partial charge on any atom is 0.342 e. The maximum atomic E-state index is 11.0. The van der Waals surface area contributed by atoms with E-state index in [4.69, 9.17) is 5.11 Å². The topological polar surface area (TPSA) is 105 Å². The van der Waals surface area contributed by atoms with E-state index in [0.29, 0.717) is 12.2 Å². The first-order valence-corrected chi connectivity index (χ1v) is 6.14. The lowest BCUT2D eigenvalue weighted by Gasteiger charge is -2.07. The highest BCUT2D eigenvalue weighted by Gasteiger charge is 2.19. The molecule has 0 saturated heterocycles. The van der Waals surface area contributed by atoms with Crippen molar-refractivity contribution in [2.75, 3.05) is 5.32 Å². The largest absolute Gasteiger partial charge is 0.477 e. The molecule has 7 nitrogen and oxygen atoms in total. The molecule has 0 fully saturated rings. The van der Waals surface area contributed by atoms with E-state index in [1.807, 2.05) is 19.1 Å². The highest BCUT2D eigenvalue weighted by molar-refractivity contribution is 5.93. The number of hydrogen-bond acceptors (Lipinski definition) is 5. The van der Waals surface area contributed by atoms with Gasteiger partial charge in [0.1, 0.15) is 5.56 Å². The molecule has 7 heteroatoms. The van der Waals surface area contributed by atoms with E-state index >= 15 is 0 Å². The van der Waals surface area contributed by atoms with E-state index in [1.165, 1.54) is 18.2 Å². The van der Waals surface area contributed by atoms with Gasteiger partial charge in [0.25, 0.3) is 5.69 Å². The minimum atomic E-state index is -1.33. The molecule has 2 N–H and O–H groups in total. The number of aromatic nitrogens is 1. The smallest absolute Gasteiger partial charge is 0.342 e. The fourth-order valence-corrected chi connectivity index (χ4v) is 1.78. The summed E-state index contributed by atoms with van der Waals surface area (Å²) < 4.78 is 0. The number of nitrogens with zero attached hydrogens (tertiary/aromatic N) is 2. The molecular weight excluding hydrogens is 274 g/mol. The van der Waals surface area contributed by atoms with E-state index in [1.54, 1.807) is 6.20 Å². The lowest BCUT2D eigenvalue weighted by atomic mass is 10.1. The lowest BCUT2D eigenvalue weighted by molar-refractivity contribution is -0.385. The second kappa shape index (κ2) is 6.00. The Morgan fingerprint density at radius 1 is 1.38 bits per heavy atom. The summed E-state index contributed by atoms with van der Waals surface area (Å²) >= 11 is 0. The summed E-state index contributed by atoms with van der Waals surface area (Å²) in [5, 5.41) is 22.8. The fraction of sp³-hybridized carbons (Fsp3) is 0.143. The highest BCUT2D eigenvalue weighted by atomic mass is 16.6. The summed E-state index contributed by atoms with van der Waals surface area (Å²) in [6.07, 6.45) is 1.71. The van der Waals surface area contributed by atoms with E-state index in [0.717, 1.165) is 11.3 Å². The molecule has 0 amide bonds. The third kappa shape index (κ3) is 3.53. The van der Waals surface area contributed by atoms with Gasteiger partial charge in [-0.1, -0.05) is 6.07 Å². The first-order chi connectivity index (χ1) is 9.97. The predicted molar refractivity (Wildman–Crippen MR) is 76.4 cm³/mol. The SMILES string of the molecule is Cc1ccc(CNc2ccc([N+](=O)[O-])c(C(=O)O)c2)cn1. The predicted octanol–water partition coefficient (Wildman–Crippen LogP) is 2.61. The third-order valence-corrected chi connectivity index (χ3v) is 2.89. The van der Waals surface area contributed by atoms with Gasteiger partial charge in [0.05, 0.1) is 4.92 Å². The summed E-state index contributed by atoms with van der Waals surface area (Å²) in [6.45, 7) is 2.33. The van der Waals surface area contributed by atoms with Crippen LogP contribution in [0.15, 0.2) is 36.5 Å². The molecular formula is C14H13N3O4. The molecule has 1 aromatic carbocycles.